The number of imidazole rings is 1. The molecule has 1 aliphatic rings. The summed E-state index contributed by atoms with van der Waals surface area (Å²) < 4.78 is 63.0. The molecule has 1 aliphatic heterocycles. The van der Waals surface area contributed by atoms with Crippen molar-refractivity contribution in [1.82, 2.24) is 35.3 Å². The fraction of sp³-hybridized carbons (Fsp3) is 0.459. The summed E-state index contributed by atoms with van der Waals surface area (Å²) in [7, 11) is 0. The first-order chi connectivity index (χ1) is 40.8. The zero-order chi connectivity index (χ0) is 64.9. The number of amides is 6. The molecule has 3 aromatic carbocycles. The molecule has 0 radical (unpaired) electrons. The van der Waals surface area contributed by atoms with E-state index < -0.39 is 95.5 Å². The summed E-state index contributed by atoms with van der Waals surface area (Å²) in [5.74, 6) is -9.55. The number of hydrogen-bond donors (Lipinski definition) is 7. The molecule has 4 aromatic rings. The molecule has 87 heavy (non-hydrogen) atoms. The van der Waals surface area contributed by atoms with Gasteiger partial charge in [0.1, 0.15) is 35.9 Å². The number of benzene rings is 3. The van der Waals surface area contributed by atoms with Gasteiger partial charge in [-0.1, -0.05) is 95.6 Å². The molecule has 0 fully saturated rings. The lowest BCUT2D eigenvalue weighted by Crippen LogP contribution is -2.48. The fourth-order valence-electron chi connectivity index (χ4n) is 9.35. The number of alkyl halides is 3. The van der Waals surface area contributed by atoms with Gasteiger partial charge in [0.2, 0.25) is 23.6 Å². The molecule has 1 aromatic heterocycles. The number of unbranched alkanes of at least 4 members (excludes halogenated alkanes) is 2. The molecule has 0 unspecified atom stereocenters. The normalized spacial score (nSPS) is 14.1. The number of nitrogens with one attached hydrogen (secondary N) is 3. The number of halogens is 5. The Morgan fingerprint density at radius 2 is 1.40 bits per heavy atom. The molecule has 0 spiro atoms. The second-order valence-electron chi connectivity index (χ2n) is 22.4. The van der Waals surface area contributed by atoms with Gasteiger partial charge in [-0.3, -0.25) is 43.3 Å². The summed E-state index contributed by atoms with van der Waals surface area (Å²) in [6.45, 7) is 10.0. The van der Waals surface area contributed by atoms with Gasteiger partial charge in [0.05, 0.1) is 23.8 Å². The Morgan fingerprint density at radius 3 is 1.98 bits per heavy atom. The Hall–Kier alpha value is -8.52. The van der Waals surface area contributed by atoms with Gasteiger partial charge in [-0.05, 0) is 72.4 Å². The second kappa shape index (κ2) is 32.8. The van der Waals surface area contributed by atoms with Crippen LogP contribution in [0.5, 0.6) is 0 Å². The molecule has 0 saturated carbocycles. The van der Waals surface area contributed by atoms with E-state index in [0.717, 1.165) is 28.7 Å². The summed E-state index contributed by atoms with van der Waals surface area (Å²) in [5, 5.41) is 35.1. The first kappa shape index (κ1) is 71.0. The summed E-state index contributed by atoms with van der Waals surface area (Å²) >= 11 is 0. The van der Waals surface area contributed by atoms with Crippen LogP contribution < -0.4 is 21.7 Å². The smallest absolute Gasteiger partial charge is 0.480 e. The summed E-state index contributed by atoms with van der Waals surface area (Å²) in [4.78, 5) is 131. The van der Waals surface area contributed by atoms with E-state index in [-0.39, 0.29) is 105 Å². The highest BCUT2D eigenvalue weighted by atomic mass is 19.4. The van der Waals surface area contributed by atoms with Crippen molar-refractivity contribution < 1.29 is 85.2 Å². The zero-order valence-electron chi connectivity index (χ0n) is 49.2. The molecule has 472 valence electrons. The maximum absolute atomic E-state index is 15.1. The highest BCUT2D eigenvalue weighted by Gasteiger charge is 2.40. The van der Waals surface area contributed by atoms with Gasteiger partial charge < -0.3 is 46.5 Å². The van der Waals surface area contributed by atoms with E-state index in [1.807, 2.05) is 65.0 Å². The Bertz CT molecular complexity index is 3090. The number of ketones is 2. The maximum atomic E-state index is 15.1. The third-order valence-electron chi connectivity index (χ3n) is 14.1. The van der Waals surface area contributed by atoms with Crippen molar-refractivity contribution in [2.75, 3.05) is 26.2 Å². The van der Waals surface area contributed by atoms with Gasteiger partial charge in [-0.25, -0.2) is 23.4 Å². The average molecular weight is 1220 g/mol. The molecular weight excluding hydrogens is 1150 g/mol. The number of hydrogen-bond acceptors (Lipinski definition) is 13. The molecule has 21 nitrogen and oxygen atoms in total. The Balaban J connectivity index is 0.00000217. The predicted molar refractivity (Wildman–Crippen MR) is 306 cm³/mol. The highest BCUT2D eigenvalue weighted by molar-refractivity contribution is 6.12. The predicted octanol–water partition coefficient (Wildman–Crippen LogP) is 5.79. The lowest BCUT2D eigenvalue weighted by atomic mass is 9.84. The number of carbonyl (C=O) groups excluding carboxylic acids is 8. The van der Waals surface area contributed by atoms with Gasteiger partial charge in [0.15, 0.2) is 5.78 Å². The SMILES string of the molecule is CC(C)[C@H](CC(=O)CCCCCN1C(=O)C=CC1=O)C(=O)N[C@@H](C)C(=O)Cc1ccc(C[C@H](NC(=O)CCNC(=O)[C@@H](N)CCN(C(=O)CO)[C@@H](c2nc(-c3cc(F)ccc3F)cn2Cc2ccccc2)C(C)(C)C)C(=O)O)cc1.O=C(O)C(F)(F)F. The minimum atomic E-state index is -5.08. The molecule has 5 rings (SSSR count). The minimum absolute atomic E-state index is 0.00195. The summed E-state index contributed by atoms with van der Waals surface area (Å²) in [6, 6.07) is 14.5. The van der Waals surface area contributed by atoms with E-state index >= 15 is 4.39 Å². The number of carboxylic acids is 2. The molecule has 5 atom stereocenters. The van der Waals surface area contributed by atoms with Gasteiger partial charge in [-0.2, -0.15) is 13.2 Å². The van der Waals surface area contributed by atoms with E-state index in [0.29, 0.717) is 36.2 Å². The highest BCUT2D eigenvalue weighted by Crippen LogP contribution is 2.40. The first-order valence-corrected chi connectivity index (χ1v) is 28.1. The molecule has 26 heteroatoms. The Labute approximate surface area is 499 Å². The van der Waals surface area contributed by atoms with Crippen LogP contribution in [-0.4, -0.2) is 144 Å². The van der Waals surface area contributed by atoms with Crippen molar-refractivity contribution in [1.29, 1.82) is 0 Å². The van der Waals surface area contributed by atoms with Crippen molar-refractivity contribution in [2.24, 2.45) is 23.0 Å². The largest absolute Gasteiger partial charge is 0.490 e. The van der Waals surface area contributed by atoms with Crippen molar-refractivity contribution in [3.8, 4) is 11.3 Å². The van der Waals surface area contributed by atoms with Crippen LogP contribution in [0.25, 0.3) is 11.3 Å². The molecule has 0 bridgehead atoms. The van der Waals surface area contributed by atoms with Crippen molar-refractivity contribution in [3.05, 3.63) is 125 Å². The van der Waals surface area contributed by atoms with E-state index in [1.54, 1.807) is 42.0 Å². The van der Waals surface area contributed by atoms with Gasteiger partial charge in [0.25, 0.3) is 11.8 Å². The zero-order valence-corrected chi connectivity index (χ0v) is 49.2. The number of nitrogens with zero attached hydrogens (tertiary/aromatic N) is 4. The number of Topliss-reactive ketones (excluding diaryl/α,β-unsaturated/α-hetero) is 2. The molecule has 2 heterocycles. The number of carboxylic acid groups (broad SMARTS) is 2. The Morgan fingerprint density at radius 1 is 0.782 bits per heavy atom. The van der Waals surface area contributed by atoms with Crippen LogP contribution in [0.1, 0.15) is 115 Å². The van der Waals surface area contributed by atoms with Crippen molar-refractivity contribution >= 4 is 58.9 Å². The molecule has 0 saturated heterocycles. The number of nitrogens with two attached hydrogens (primary N) is 1. The number of aliphatic hydroxyl groups excluding tert-OH is 1. The van der Waals surface area contributed by atoms with Crippen LogP contribution in [0, 0.1) is 28.9 Å². The lowest BCUT2D eigenvalue weighted by molar-refractivity contribution is -0.192. The number of rotatable bonds is 31. The van der Waals surface area contributed by atoms with Crippen molar-refractivity contribution in [2.45, 2.75) is 136 Å². The molecule has 0 aliphatic carbocycles. The summed E-state index contributed by atoms with van der Waals surface area (Å²) in [5.41, 5.74) is 7.54. The number of carbonyl (C=O) groups is 10. The van der Waals surface area contributed by atoms with E-state index in [4.69, 9.17) is 20.6 Å². The van der Waals surface area contributed by atoms with E-state index in [1.165, 1.54) is 17.1 Å². The van der Waals surface area contributed by atoms with Crippen LogP contribution in [0.4, 0.5) is 22.0 Å². The van der Waals surface area contributed by atoms with Gasteiger partial charge >= 0.3 is 18.1 Å². The average Bonchev–Trinajstić information content (AvgIpc) is 1.81. The topological polar surface area (TPSA) is 318 Å². The lowest BCUT2D eigenvalue weighted by Gasteiger charge is -2.40. The quantitative estimate of drug-likeness (QED) is 0.0178. The van der Waals surface area contributed by atoms with Crippen molar-refractivity contribution in [3.63, 3.8) is 0 Å². The fourth-order valence-corrected chi connectivity index (χ4v) is 9.35. The summed E-state index contributed by atoms with van der Waals surface area (Å²) in [6.07, 6.45) is 0.331. The number of aliphatic carboxylic acids is 2. The Kier molecular flexibility index (Phi) is 26.8. The van der Waals surface area contributed by atoms with Crippen LogP contribution in [-0.2, 0) is 67.3 Å². The van der Waals surface area contributed by atoms with Crippen LogP contribution in [0.15, 0.2) is 91.1 Å². The molecular formula is C61H75F5N8O13. The van der Waals surface area contributed by atoms with Crippen LogP contribution in [0.2, 0.25) is 0 Å². The van der Waals surface area contributed by atoms with Gasteiger partial charge in [0, 0.05) is 88.1 Å². The number of aliphatic hydroxyl groups is 1. The third-order valence-corrected chi connectivity index (χ3v) is 14.1. The number of aromatic nitrogens is 2. The maximum Gasteiger partial charge on any atom is 0.490 e. The van der Waals surface area contributed by atoms with E-state index in [9.17, 15) is 70.9 Å². The monoisotopic (exact) mass is 1220 g/mol. The third kappa shape index (κ3) is 22.4. The minimum Gasteiger partial charge on any atom is -0.480 e. The van der Waals surface area contributed by atoms with Gasteiger partial charge in [-0.15, -0.1) is 0 Å². The van der Waals surface area contributed by atoms with E-state index in [2.05, 4.69) is 16.0 Å². The molecule has 8 N–H and O–H groups in total. The first-order valence-electron chi connectivity index (χ1n) is 28.1. The second-order valence-corrected chi connectivity index (χ2v) is 22.4. The van der Waals surface area contributed by atoms with Crippen LogP contribution >= 0.6 is 0 Å². The standard InChI is InChI=1S/C59H74F2N8O11.C2HF3O2/c1-36(2)43(32-42(71)15-11-8-12-27-68-51(74)22-23-52(68)75)56(77)64-37(3)49(72)30-39-18-16-38(17-19-39)29-47(58(79)80)65-50(73)24-26-63-57(78)46(62)25-28-69(53(76)35-70)54(59(4,5)6)55-66-48(44-31-41(60)20-21-45(44)61)34-67(55)33-40-13-9-7-10-14-40;3-2(4,5)1(6)7/h7,9-10,13-14,16-23,31,34,36-37,43,46-47,54,70H,8,11-12,15,24-30,32-33,35,62H2,1-6H3,(H,63,78)(H,64,77)(H,65,73)(H,79,80);(H,6,7)/t37-,43-,46-,47-,54-;/m0./s1. The number of imide groups is 1. The molecule has 6 amide bonds. The van der Waals surface area contributed by atoms with Crippen LogP contribution in [0.3, 0.4) is 0 Å².